The van der Waals surface area contributed by atoms with Crippen molar-refractivity contribution in [3.63, 3.8) is 0 Å². The van der Waals surface area contributed by atoms with Gasteiger partial charge in [-0.3, -0.25) is 0 Å². The summed E-state index contributed by atoms with van der Waals surface area (Å²) in [5.41, 5.74) is 0.871. The van der Waals surface area contributed by atoms with Crippen LogP contribution in [0.3, 0.4) is 0 Å². The van der Waals surface area contributed by atoms with Gasteiger partial charge in [0.15, 0.2) is 0 Å². The molecule has 1 aromatic rings. The topological polar surface area (TPSA) is 58.6 Å². The zero-order valence-electron chi connectivity index (χ0n) is 9.61. The summed E-state index contributed by atoms with van der Waals surface area (Å²) in [5.74, 6) is -0.391. The molecule has 0 bridgehead atoms. The van der Waals surface area contributed by atoms with Gasteiger partial charge < -0.3 is 15.2 Å². The summed E-state index contributed by atoms with van der Waals surface area (Å²) >= 11 is 6.00. The van der Waals surface area contributed by atoms with Crippen LogP contribution < -0.4 is 10.1 Å². The Bertz CT molecular complexity index is 432. The number of carbonyl (C=O) groups is 1. The Morgan fingerprint density at radius 3 is 2.76 bits per heavy atom. The average molecular weight is 256 g/mol. The Kier molecular flexibility index (Phi) is 5.00. The third kappa shape index (κ3) is 3.76. The van der Waals surface area contributed by atoms with Crippen molar-refractivity contribution in [3.05, 3.63) is 40.9 Å². The van der Waals surface area contributed by atoms with E-state index >= 15 is 0 Å². The van der Waals surface area contributed by atoms with Crippen molar-refractivity contribution in [1.29, 1.82) is 0 Å². The van der Waals surface area contributed by atoms with Crippen LogP contribution in [0.2, 0.25) is 5.02 Å². The van der Waals surface area contributed by atoms with Crippen LogP contribution in [0.5, 0.6) is 5.75 Å². The average Bonchev–Trinajstić information content (AvgIpc) is 2.29. The van der Waals surface area contributed by atoms with Crippen LogP contribution in [0.15, 0.2) is 30.4 Å². The molecule has 0 amide bonds. The molecule has 1 rings (SSSR count). The molecule has 4 nitrogen and oxygen atoms in total. The van der Waals surface area contributed by atoms with E-state index in [4.69, 9.17) is 21.4 Å². The minimum absolute atomic E-state index is 0.200. The molecular formula is C12H14ClNO3. The third-order valence-corrected chi connectivity index (χ3v) is 2.57. The van der Waals surface area contributed by atoms with E-state index in [0.717, 1.165) is 11.6 Å². The number of nitrogens with one attached hydrogen (secondary N) is 1. The van der Waals surface area contributed by atoms with Crippen molar-refractivity contribution >= 4 is 17.6 Å². The van der Waals surface area contributed by atoms with Crippen molar-refractivity contribution < 1.29 is 14.6 Å². The smallest absolute Gasteiger partial charge is 0.328 e. The number of ether oxygens (including phenoxy) is 1. The van der Waals surface area contributed by atoms with Gasteiger partial charge in [-0.15, -0.1) is 0 Å². The van der Waals surface area contributed by atoms with E-state index in [9.17, 15) is 4.79 Å². The SMILES string of the molecule is CNC(/C=C/C(=O)O)c1ccc(OC)c(Cl)c1. The highest BCUT2D eigenvalue weighted by Gasteiger charge is 2.08. The van der Waals surface area contributed by atoms with E-state index in [1.165, 1.54) is 0 Å². The molecule has 0 fully saturated rings. The summed E-state index contributed by atoms with van der Waals surface area (Å²) in [4.78, 5) is 10.5. The van der Waals surface area contributed by atoms with Crippen LogP contribution in [0, 0.1) is 0 Å². The van der Waals surface area contributed by atoms with Crippen molar-refractivity contribution in [2.24, 2.45) is 0 Å². The molecule has 1 unspecified atom stereocenters. The summed E-state index contributed by atoms with van der Waals surface area (Å²) in [6.07, 6.45) is 2.65. The number of hydrogen-bond donors (Lipinski definition) is 2. The molecular weight excluding hydrogens is 242 g/mol. The molecule has 1 aromatic carbocycles. The molecule has 0 radical (unpaired) electrons. The first kappa shape index (κ1) is 13.5. The molecule has 0 spiro atoms. The fraction of sp³-hybridized carbons (Fsp3) is 0.250. The second-order valence-corrected chi connectivity index (χ2v) is 3.76. The van der Waals surface area contributed by atoms with Crippen LogP contribution in [0.25, 0.3) is 0 Å². The lowest BCUT2D eigenvalue weighted by Crippen LogP contribution is -2.14. The standard InChI is InChI=1S/C12H14ClNO3/c1-14-10(4-6-12(15)16)8-3-5-11(17-2)9(13)7-8/h3-7,10,14H,1-2H3,(H,15,16)/b6-4+. The first-order valence-electron chi connectivity index (χ1n) is 5.00. The fourth-order valence-electron chi connectivity index (χ4n) is 1.43. The highest BCUT2D eigenvalue weighted by Crippen LogP contribution is 2.27. The third-order valence-electron chi connectivity index (χ3n) is 2.28. The first-order valence-corrected chi connectivity index (χ1v) is 5.38. The van der Waals surface area contributed by atoms with E-state index in [0.29, 0.717) is 10.8 Å². The van der Waals surface area contributed by atoms with Crippen LogP contribution in [-0.4, -0.2) is 25.2 Å². The number of rotatable bonds is 5. The second-order valence-electron chi connectivity index (χ2n) is 3.36. The number of likely N-dealkylation sites (N-methyl/N-ethyl adjacent to an activating group) is 1. The maximum atomic E-state index is 10.5. The van der Waals surface area contributed by atoms with Crippen molar-refractivity contribution in [3.8, 4) is 5.75 Å². The molecule has 0 saturated carbocycles. The van der Waals surface area contributed by atoms with Gasteiger partial charge in [0, 0.05) is 6.08 Å². The summed E-state index contributed by atoms with van der Waals surface area (Å²) in [6, 6.07) is 5.12. The number of carboxylic acid groups (broad SMARTS) is 1. The molecule has 17 heavy (non-hydrogen) atoms. The molecule has 0 saturated heterocycles. The monoisotopic (exact) mass is 255 g/mol. The Morgan fingerprint density at radius 2 is 2.29 bits per heavy atom. The number of benzene rings is 1. The molecule has 0 aliphatic carbocycles. The fourth-order valence-corrected chi connectivity index (χ4v) is 1.69. The number of methoxy groups -OCH3 is 1. The van der Waals surface area contributed by atoms with E-state index in [1.54, 1.807) is 32.4 Å². The van der Waals surface area contributed by atoms with Gasteiger partial charge in [-0.2, -0.15) is 0 Å². The molecule has 0 aliphatic heterocycles. The number of halogens is 1. The zero-order valence-corrected chi connectivity index (χ0v) is 10.4. The van der Waals surface area contributed by atoms with Crippen molar-refractivity contribution in [1.82, 2.24) is 5.32 Å². The van der Waals surface area contributed by atoms with E-state index < -0.39 is 5.97 Å². The summed E-state index contributed by atoms with van der Waals surface area (Å²) < 4.78 is 5.05. The van der Waals surface area contributed by atoms with Crippen molar-refractivity contribution in [2.75, 3.05) is 14.2 Å². The summed E-state index contributed by atoms with van der Waals surface area (Å²) in [5, 5.41) is 12.1. The molecule has 0 aromatic heterocycles. The van der Waals surface area contributed by atoms with Crippen LogP contribution in [0.1, 0.15) is 11.6 Å². The molecule has 0 aliphatic rings. The van der Waals surface area contributed by atoms with Gasteiger partial charge in [0.05, 0.1) is 18.2 Å². The van der Waals surface area contributed by atoms with Gasteiger partial charge in [0.2, 0.25) is 0 Å². The maximum absolute atomic E-state index is 10.5. The first-order chi connectivity index (χ1) is 8.08. The minimum atomic E-state index is -0.982. The lowest BCUT2D eigenvalue weighted by atomic mass is 10.1. The van der Waals surface area contributed by atoms with E-state index in [1.807, 2.05) is 6.07 Å². The van der Waals surface area contributed by atoms with Gasteiger partial charge in [0.1, 0.15) is 5.75 Å². The van der Waals surface area contributed by atoms with Crippen LogP contribution >= 0.6 is 11.6 Å². The predicted octanol–water partition coefficient (Wildman–Crippen LogP) is 2.25. The lowest BCUT2D eigenvalue weighted by Gasteiger charge is -2.13. The number of aliphatic carboxylic acids is 1. The molecule has 5 heteroatoms. The second kappa shape index (κ2) is 6.27. The summed E-state index contributed by atoms with van der Waals surface area (Å²) in [7, 11) is 3.29. The van der Waals surface area contributed by atoms with Gasteiger partial charge >= 0.3 is 5.97 Å². The van der Waals surface area contributed by atoms with Crippen LogP contribution in [0.4, 0.5) is 0 Å². The quantitative estimate of drug-likeness (QED) is 0.793. The highest BCUT2D eigenvalue weighted by atomic mass is 35.5. The largest absolute Gasteiger partial charge is 0.495 e. The maximum Gasteiger partial charge on any atom is 0.328 e. The Labute approximate surface area is 105 Å². The van der Waals surface area contributed by atoms with E-state index in [2.05, 4.69) is 5.32 Å². The Hall–Kier alpha value is -1.52. The van der Waals surface area contributed by atoms with Gasteiger partial charge in [-0.05, 0) is 24.7 Å². The van der Waals surface area contributed by atoms with Crippen molar-refractivity contribution in [2.45, 2.75) is 6.04 Å². The highest BCUT2D eigenvalue weighted by molar-refractivity contribution is 6.32. The van der Waals surface area contributed by atoms with Gasteiger partial charge in [-0.1, -0.05) is 23.7 Å². The Balaban J connectivity index is 2.96. The molecule has 92 valence electrons. The number of carboxylic acids is 1. The lowest BCUT2D eigenvalue weighted by molar-refractivity contribution is -0.131. The van der Waals surface area contributed by atoms with Crippen LogP contribution in [-0.2, 0) is 4.79 Å². The van der Waals surface area contributed by atoms with Gasteiger partial charge in [0.25, 0.3) is 0 Å². The van der Waals surface area contributed by atoms with Gasteiger partial charge in [-0.25, -0.2) is 4.79 Å². The predicted molar refractivity (Wildman–Crippen MR) is 66.6 cm³/mol. The molecule has 0 heterocycles. The summed E-state index contributed by atoms with van der Waals surface area (Å²) in [6.45, 7) is 0. The molecule has 2 N–H and O–H groups in total. The normalized spacial score (nSPS) is 12.6. The number of hydrogen-bond acceptors (Lipinski definition) is 3. The van der Waals surface area contributed by atoms with E-state index in [-0.39, 0.29) is 6.04 Å². The Morgan fingerprint density at radius 1 is 1.59 bits per heavy atom. The zero-order chi connectivity index (χ0) is 12.8. The molecule has 1 atom stereocenters. The minimum Gasteiger partial charge on any atom is -0.495 e.